The van der Waals surface area contributed by atoms with Gasteiger partial charge >= 0.3 is 0 Å². The molecule has 1 aliphatic heterocycles. The molecular weight excluding hydrogens is 423 g/mol. The van der Waals surface area contributed by atoms with Crippen molar-refractivity contribution in [2.75, 3.05) is 37.7 Å². The van der Waals surface area contributed by atoms with E-state index >= 15 is 0 Å². The lowest BCUT2D eigenvalue weighted by molar-refractivity contribution is -0.138. The first-order valence-electron chi connectivity index (χ1n) is 11.1. The van der Waals surface area contributed by atoms with Crippen LogP contribution in [0.2, 0.25) is 0 Å². The van der Waals surface area contributed by atoms with E-state index in [1.165, 1.54) is 12.1 Å². The molecule has 1 amide bonds. The number of anilines is 1. The highest BCUT2D eigenvalue weighted by Gasteiger charge is 2.26. The maximum absolute atomic E-state index is 13.3. The van der Waals surface area contributed by atoms with Gasteiger partial charge in [0.15, 0.2) is 11.9 Å². The van der Waals surface area contributed by atoms with Crippen LogP contribution in [0.4, 0.5) is 10.2 Å². The minimum Gasteiger partial charge on any atom is -0.494 e. The number of piperazine rings is 1. The zero-order valence-corrected chi connectivity index (χ0v) is 18.8. The van der Waals surface area contributed by atoms with E-state index in [0.29, 0.717) is 38.5 Å². The Labute approximate surface area is 192 Å². The Hall–Kier alpha value is -3.68. The lowest BCUT2D eigenvalue weighted by Crippen LogP contribution is -2.52. The summed E-state index contributed by atoms with van der Waals surface area (Å²) in [7, 11) is 0. The number of amides is 1. The first-order chi connectivity index (χ1) is 16.0. The van der Waals surface area contributed by atoms with Crippen molar-refractivity contribution >= 4 is 11.7 Å². The Morgan fingerprint density at radius 2 is 1.76 bits per heavy atom. The number of benzene rings is 2. The summed E-state index contributed by atoms with van der Waals surface area (Å²) in [5, 5.41) is 8.76. The Balaban J connectivity index is 1.31. The molecule has 2 heterocycles. The van der Waals surface area contributed by atoms with Crippen LogP contribution in [0.25, 0.3) is 11.3 Å². The zero-order chi connectivity index (χ0) is 23.2. The van der Waals surface area contributed by atoms with E-state index < -0.39 is 11.9 Å². The van der Waals surface area contributed by atoms with Crippen LogP contribution in [0.15, 0.2) is 60.7 Å². The minimum absolute atomic E-state index is 0.115. The van der Waals surface area contributed by atoms with Crippen LogP contribution in [-0.4, -0.2) is 59.9 Å². The molecule has 0 bridgehead atoms. The van der Waals surface area contributed by atoms with E-state index in [1.54, 1.807) is 24.0 Å². The molecular formula is C25H27FN4O3. The van der Waals surface area contributed by atoms with Crippen molar-refractivity contribution in [3.05, 3.63) is 66.5 Å². The number of hydrogen-bond donors (Lipinski definition) is 0. The van der Waals surface area contributed by atoms with Crippen molar-refractivity contribution in [3.63, 3.8) is 0 Å². The van der Waals surface area contributed by atoms with E-state index in [9.17, 15) is 9.18 Å². The number of aromatic nitrogens is 2. The largest absolute Gasteiger partial charge is 0.494 e. The molecule has 0 N–H and O–H groups in total. The summed E-state index contributed by atoms with van der Waals surface area (Å²) in [6.45, 7) is 6.67. The van der Waals surface area contributed by atoms with Crippen molar-refractivity contribution in [1.82, 2.24) is 15.1 Å². The standard InChI is InChI=1S/C25H27FN4O3/c1-3-32-21-9-7-19(8-10-21)23-11-12-24(28-27-23)29-13-15-30(16-14-29)25(31)18(2)33-22-6-4-5-20(26)17-22/h4-12,17-18H,3,13-16H2,1-2H3. The maximum atomic E-state index is 13.3. The van der Waals surface area contributed by atoms with Crippen LogP contribution in [0.5, 0.6) is 11.5 Å². The minimum atomic E-state index is -0.688. The summed E-state index contributed by atoms with van der Waals surface area (Å²) in [5.74, 6) is 1.44. The molecule has 8 heteroatoms. The second-order valence-electron chi connectivity index (χ2n) is 7.76. The molecule has 7 nitrogen and oxygen atoms in total. The van der Waals surface area contributed by atoms with Crippen molar-refractivity contribution < 1.29 is 18.7 Å². The average molecular weight is 451 g/mol. The third kappa shape index (κ3) is 5.58. The predicted octanol–water partition coefficient (Wildman–Crippen LogP) is 3.80. The third-order valence-electron chi connectivity index (χ3n) is 5.48. The van der Waals surface area contributed by atoms with Gasteiger partial charge in [0, 0.05) is 37.8 Å². The van der Waals surface area contributed by atoms with Crippen LogP contribution >= 0.6 is 0 Å². The van der Waals surface area contributed by atoms with Gasteiger partial charge in [-0.1, -0.05) is 6.07 Å². The highest BCUT2D eigenvalue weighted by molar-refractivity contribution is 5.81. The highest BCUT2D eigenvalue weighted by atomic mass is 19.1. The summed E-state index contributed by atoms with van der Waals surface area (Å²) >= 11 is 0. The smallest absolute Gasteiger partial charge is 0.263 e. The Morgan fingerprint density at radius 1 is 1.00 bits per heavy atom. The van der Waals surface area contributed by atoms with Crippen LogP contribution < -0.4 is 14.4 Å². The molecule has 1 saturated heterocycles. The van der Waals surface area contributed by atoms with E-state index in [1.807, 2.05) is 43.3 Å². The van der Waals surface area contributed by atoms with Gasteiger partial charge in [-0.05, 0) is 62.4 Å². The van der Waals surface area contributed by atoms with Gasteiger partial charge in [-0.25, -0.2) is 4.39 Å². The first-order valence-corrected chi connectivity index (χ1v) is 11.1. The fraction of sp³-hybridized carbons (Fsp3) is 0.320. The average Bonchev–Trinajstić information content (AvgIpc) is 2.84. The lowest BCUT2D eigenvalue weighted by Gasteiger charge is -2.36. The molecule has 1 fully saturated rings. The fourth-order valence-corrected chi connectivity index (χ4v) is 3.74. The van der Waals surface area contributed by atoms with Gasteiger partial charge in [-0.15, -0.1) is 10.2 Å². The van der Waals surface area contributed by atoms with E-state index in [-0.39, 0.29) is 5.91 Å². The molecule has 2 aromatic carbocycles. The SMILES string of the molecule is CCOc1ccc(-c2ccc(N3CCN(C(=O)C(C)Oc4cccc(F)c4)CC3)nn2)cc1. The number of hydrogen-bond acceptors (Lipinski definition) is 6. The Bertz CT molecular complexity index is 1070. The maximum Gasteiger partial charge on any atom is 0.263 e. The summed E-state index contributed by atoms with van der Waals surface area (Å²) < 4.78 is 24.4. The molecule has 33 heavy (non-hydrogen) atoms. The van der Waals surface area contributed by atoms with Crippen molar-refractivity contribution in [2.24, 2.45) is 0 Å². The lowest BCUT2D eigenvalue weighted by atomic mass is 10.1. The number of carbonyl (C=O) groups is 1. The van der Waals surface area contributed by atoms with Gasteiger partial charge in [0.2, 0.25) is 0 Å². The summed E-state index contributed by atoms with van der Waals surface area (Å²) in [4.78, 5) is 16.6. The van der Waals surface area contributed by atoms with E-state index in [4.69, 9.17) is 9.47 Å². The molecule has 1 unspecified atom stereocenters. The van der Waals surface area contributed by atoms with Crippen molar-refractivity contribution in [1.29, 1.82) is 0 Å². The number of halogens is 1. The van der Waals surface area contributed by atoms with Crippen LogP contribution in [0.3, 0.4) is 0 Å². The van der Waals surface area contributed by atoms with Gasteiger partial charge in [-0.2, -0.15) is 0 Å². The molecule has 4 rings (SSSR count). The highest BCUT2D eigenvalue weighted by Crippen LogP contribution is 2.22. The number of ether oxygens (including phenoxy) is 2. The fourth-order valence-electron chi connectivity index (χ4n) is 3.74. The van der Waals surface area contributed by atoms with E-state index in [0.717, 1.165) is 22.8 Å². The van der Waals surface area contributed by atoms with Gasteiger partial charge in [0.25, 0.3) is 5.91 Å². The molecule has 1 atom stereocenters. The quantitative estimate of drug-likeness (QED) is 0.546. The second-order valence-corrected chi connectivity index (χ2v) is 7.76. The summed E-state index contributed by atoms with van der Waals surface area (Å²) in [5.41, 5.74) is 1.76. The molecule has 3 aromatic rings. The molecule has 0 saturated carbocycles. The summed E-state index contributed by atoms with van der Waals surface area (Å²) in [6.07, 6.45) is -0.688. The van der Waals surface area contributed by atoms with Crippen molar-refractivity contribution in [2.45, 2.75) is 20.0 Å². The molecule has 0 radical (unpaired) electrons. The Kier molecular flexibility index (Phi) is 7.02. The number of carbonyl (C=O) groups excluding carboxylic acids is 1. The molecule has 1 aliphatic rings. The Morgan fingerprint density at radius 3 is 2.39 bits per heavy atom. The summed E-state index contributed by atoms with van der Waals surface area (Å²) in [6, 6.07) is 17.5. The van der Waals surface area contributed by atoms with Gasteiger partial charge in [0.1, 0.15) is 17.3 Å². The van der Waals surface area contributed by atoms with Crippen LogP contribution in [-0.2, 0) is 4.79 Å². The zero-order valence-electron chi connectivity index (χ0n) is 18.8. The normalized spacial score (nSPS) is 14.6. The van der Waals surface area contributed by atoms with Gasteiger partial charge in [-0.3, -0.25) is 4.79 Å². The second kappa shape index (κ2) is 10.3. The monoisotopic (exact) mass is 450 g/mol. The predicted molar refractivity (Wildman–Crippen MR) is 124 cm³/mol. The number of nitrogens with zero attached hydrogens (tertiary/aromatic N) is 4. The number of rotatable bonds is 7. The van der Waals surface area contributed by atoms with Gasteiger partial charge < -0.3 is 19.3 Å². The molecule has 172 valence electrons. The van der Waals surface area contributed by atoms with Crippen LogP contribution in [0, 0.1) is 5.82 Å². The van der Waals surface area contributed by atoms with Gasteiger partial charge in [0.05, 0.1) is 12.3 Å². The molecule has 1 aromatic heterocycles. The molecule has 0 spiro atoms. The molecule has 0 aliphatic carbocycles. The van der Waals surface area contributed by atoms with Crippen LogP contribution in [0.1, 0.15) is 13.8 Å². The van der Waals surface area contributed by atoms with E-state index in [2.05, 4.69) is 15.1 Å². The first kappa shape index (κ1) is 22.5. The topological polar surface area (TPSA) is 67.8 Å². The van der Waals surface area contributed by atoms with Crippen molar-refractivity contribution in [3.8, 4) is 22.8 Å². The third-order valence-corrected chi connectivity index (χ3v) is 5.48.